The molecule has 0 amide bonds. The summed E-state index contributed by atoms with van der Waals surface area (Å²) in [5.74, 6) is 1.56. The second-order valence-electron chi connectivity index (χ2n) is 6.39. The molecule has 1 N–H and O–H groups in total. The lowest BCUT2D eigenvalue weighted by Crippen LogP contribution is -2.48. The van der Waals surface area contributed by atoms with Crippen LogP contribution in [0.25, 0.3) is 0 Å². The van der Waals surface area contributed by atoms with Crippen LogP contribution < -0.4 is 5.32 Å². The molecule has 0 bridgehead atoms. The molecule has 4 heteroatoms. The second kappa shape index (κ2) is 6.53. The van der Waals surface area contributed by atoms with Crippen molar-refractivity contribution in [3.63, 3.8) is 0 Å². The maximum absolute atomic E-state index is 4.24. The van der Waals surface area contributed by atoms with Gasteiger partial charge in [0.1, 0.15) is 0 Å². The smallest absolute Gasteiger partial charge is 0.0534 e. The van der Waals surface area contributed by atoms with Crippen molar-refractivity contribution in [2.24, 2.45) is 18.9 Å². The van der Waals surface area contributed by atoms with E-state index in [0.29, 0.717) is 0 Å². The van der Waals surface area contributed by atoms with Crippen LogP contribution in [-0.4, -0.2) is 40.9 Å². The summed E-state index contributed by atoms with van der Waals surface area (Å²) in [6, 6.07) is 0.736. The predicted octanol–water partition coefficient (Wildman–Crippen LogP) is 1.88. The van der Waals surface area contributed by atoms with Crippen molar-refractivity contribution in [1.29, 1.82) is 0 Å². The quantitative estimate of drug-likeness (QED) is 0.816. The Morgan fingerprint density at radius 3 is 2.79 bits per heavy atom. The van der Waals surface area contributed by atoms with Gasteiger partial charge in [0.2, 0.25) is 0 Å². The molecule has 0 radical (unpaired) electrons. The van der Waals surface area contributed by atoms with Gasteiger partial charge in [-0.2, -0.15) is 5.10 Å². The molecule has 19 heavy (non-hydrogen) atoms. The summed E-state index contributed by atoms with van der Waals surface area (Å²) in [7, 11) is 4.22. The first-order valence-electron chi connectivity index (χ1n) is 7.44. The summed E-state index contributed by atoms with van der Waals surface area (Å²) in [5, 5.41) is 7.84. The van der Waals surface area contributed by atoms with E-state index in [1.165, 1.54) is 24.9 Å². The zero-order valence-corrected chi connectivity index (χ0v) is 12.8. The van der Waals surface area contributed by atoms with Crippen molar-refractivity contribution in [2.45, 2.75) is 39.3 Å². The van der Waals surface area contributed by atoms with Crippen LogP contribution in [-0.2, 0) is 13.6 Å². The zero-order chi connectivity index (χ0) is 13.8. The average molecular weight is 264 g/mol. The Bertz CT molecular complexity index is 385. The Morgan fingerprint density at radius 2 is 2.26 bits per heavy atom. The van der Waals surface area contributed by atoms with Crippen LogP contribution >= 0.6 is 0 Å². The number of aryl methyl sites for hydroxylation is 1. The highest BCUT2D eigenvalue weighted by atomic mass is 15.2. The number of aromatic nitrogens is 2. The van der Waals surface area contributed by atoms with Crippen molar-refractivity contribution in [1.82, 2.24) is 20.0 Å². The highest BCUT2D eigenvalue weighted by molar-refractivity contribution is 5.04. The van der Waals surface area contributed by atoms with Gasteiger partial charge >= 0.3 is 0 Å². The second-order valence-corrected chi connectivity index (χ2v) is 6.39. The van der Waals surface area contributed by atoms with Crippen molar-refractivity contribution in [3.8, 4) is 0 Å². The highest BCUT2D eigenvalue weighted by Gasteiger charge is 2.33. The van der Waals surface area contributed by atoms with Gasteiger partial charge in [-0.15, -0.1) is 0 Å². The summed E-state index contributed by atoms with van der Waals surface area (Å²) in [6.07, 6.45) is 6.79. The predicted molar refractivity (Wildman–Crippen MR) is 78.9 cm³/mol. The molecule has 1 aliphatic carbocycles. The van der Waals surface area contributed by atoms with Crippen molar-refractivity contribution in [3.05, 3.63) is 18.0 Å². The minimum Gasteiger partial charge on any atom is -0.316 e. The molecule has 108 valence electrons. The third-order valence-corrected chi connectivity index (χ3v) is 4.09. The van der Waals surface area contributed by atoms with Gasteiger partial charge in [0.05, 0.1) is 6.20 Å². The van der Waals surface area contributed by atoms with Gasteiger partial charge in [-0.1, -0.05) is 13.8 Å². The lowest BCUT2D eigenvalue weighted by molar-refractivity contribution is 0.0776. The molecule has 1 aromatic rings. The lowest BCUT2D eigenvalue weighted by atomic mass is 9.78. The Morgan fingerprint density at radius 1 is 1.47 bits per heavy atom. The molecule has 0 spiro atoms. The van der Waals surface area contributed by atoms with Gasteiger partial charge < -0.3 is 5.32 Å². The average Bonchev–Trinajstić information content (AvgIpc) is 2.68. The van der Waals surface area contributed by atoms with E-state index in [1.54, 1.807) is 0 Å². The fourth-order valence-electron chi connectivity index (χ4n) is 2.89. The van der Waals surface area contributed by atoms with Crippen LogP contribution in [0.3, 0.4) is 0 Å². The van der Waals surface area contributed by atoms with E-state index in [2.05, 4.69) is 42.4 Å². The number of nitrogens with zero attached hydrogens (tertiary/aromatic N) is 3. The molecule has 0 saturated heterocycles. The number of hydrogen-bond donors (Lipinski definition) is 1. The first-order valence-corrected chi connectivity index (χ1v) is 7.44. The maximum Gasteiger partial charge on any atom is 0.0534 e. The molecule has 2 unspecified atom stereocenters. The van der Waals surface area contributed by atoms with Crippen LogP contribution in [0.2, 0.25) is 0 Å². The molecular weight excluding hydrogens is 236 g/mol. The van der Waals surface area contributed by atoms with Gasteiger partial charge in [-0.05, 0) is 44.8 Å². The topological polar surface area (TPSA) is 33.1 Å². The van der Waals surface area contributed by atoms with Crippen LogP contribution in [0.4, 0.5) is 0 Å². The maximum atomic E-state index is 4.24. The van der Waals surface area contributed by atoms with Gasteiger partial charge in [0, 0.05) is 31.4 Å². The largest absolute Gasteiger partial charge is 0.316 e. The number of rotatable bonds is 7. The van der Waals surface area contributed by atoms with E-state index < -0.39 is 0 Å². The number of nitrogens with one attached hydrogen (secondary N) is 1. The Kier molecular flexibility index (Phi) is 4.99. The normalized spacial score (nSPS) is 23.1. The molecule has 1 heterocycles. The van der Waals surface area contributed by atoms with Crippen molar-refractivity contribution >= 4 is 0 Å². The minimum atomic E-state index is 0.736. The van der Waals surface area contributed by atoms with E-state index in [9.17, 15) is 0 Å². The molecular formula is C15H28N4. The Balaban J connectivity index is 1.74. The van der Waals surface area contributed by atoms with Crippen LogP contribution in [0.1, 0.15) is 32.3 Å². The van der Waals surface area contributed by atoms with Gasteiger partial charge in [0.25, 0.3) is 0 Å². The summed E-state index contributed by atoms with van der Waals surface area (Å²) in [5.41, 5.74) is 1.31. The molecule has 2 rings (SSSR count). The highest BCUT2D eigenvalue weighted by Crippen LogP contribution is 2.31. The summed E-state index contributed by atoms with van der Waals surface area (Å²) in [6.45, 7) is 7.84. The molecule has 4 nitrogen and oxygen atoms in total. The summed E-state index contributed by atoms with van der Waals surface area (Å²) >= 11 is 0. The van der Waals surface area contributed by atoms with Gasteiger partial charge in [0.15, 0.2) is 0 Å². The fraction of sp³-hybridized carbons (Fsp3) is 0.800. The SMILES string of the molecule is CC(C)CNCC1CCC1N(C)Cc1cnn(C)c1. The van der Waals surface area contributed by atoms with E-state index in [-0.39, 0.29) is 0 Å². The molecule has 1 fully saturated rings. The van der Waals surface area contributed by atoms with E-state index in [0.717, 1.165) is 31.0 Å². The molecule has 1 saturated carbocycles. The first-order chi connectivity index (χ1) is 9.06. The fourth-order valence-corrected chi connectivity index (χ4v) is 2.89. The number of hydrogen-bond acceptors (Lipinski definition) is 3. The van der Waals surface area contributed by atoms with E-state index >= 15 is 0 Å². The Hall–Kier alpha value is -0.870. The third kappa shape index (κ3) is 4.05. The lowest BCUT2D eigenvalue weighted by Gasteiger charge is -2.43. The summed E-state index contributed by atoms with van der Waals surface area (Å²) in [4.78, 5) is 2.49. The molecule has 1 aromatic heterocycles. The first kappa shape index (κ1) is 14.5. The minimum absolute atomic E-state index is 0.736. The molecule has 1 aliphatic rings. The van der Waals surface area contributed by atoms with Crippen LogP contribution in [0.5, 0.6) is 0 Å². The Labute approximate surface area is 117 Å². The molecule has 0 aliphatic heterocycles. The van der Waals surface area contributed by atoms with E-state index in [4.69, 9.17) is 0 Å². The van der Waals surface area contributed by atoms with Crippen molar-refractivity contribution in [2.75, 3.05) is 20.1 Å². The van der Waals surface area contributed by atoms with Crippen LogP contribution in [0, 0.1) is 11.8 Å². The molecule has 2 atom stereocenters. The monoisotopic (exact) mass is 264 g/mol. The van der Waals surface area contributed by atoms with E-state index in [1.807, 2.05) is 17.9 Å². The van der Waals surface area contributed by atoms with Crippen molar-refractivity contribution < 1.29 is 0 Å². The van der Waals surface area contributed by atoms with Gasteiger partial charge in [-0.25, -0.2) is 0 Å². The molecule has 0 aromatic carbocycles. The zero-order valence-electron chi connectivity index (χ0n) is 12.8. The van der Waals surface area contributed by atoms with Crippen LogP contribution in [0.15, 0.2) is 12.4 Å². The van der Waals surface area contributed by atoms with Gasteiger partial charge in [-0.3, -0.25) is 9.58 Å². The standard InChI is InChI=1S/C15H28N4/c1-12(2)7-16-9-14-5-6-15(14)18(3)10-13-8-17-19(4)11-13/h8,11-12,14-16H,5-7,9-10H2,1-4H3. The summed E-state index contributed by atoms with van der Waals surface area (Å²) < 4.78 is 1.88. The third-order valence-electron chi connectivity index (χ3n) is 4.09.